The monoisotopic (exact) mass is 512 g/mol. The molecular formula is C9HF20Na. The molecule has 30 heavy (non-hydrogen) atoms. The minimum absolute atomic E-state index is 0. The van der Waals surface area contributed by atoms with Crippen LogP contribution in [0.5, 0.6) is 0 Å². The van der Waals surface area contributed by atoms with Crippen LogP contribution >= 0.6 is 0 Å². The molecule has 0 saturated carbocycles. The third kappa shape index (κ3) is 3.81. The molecule has 178 valence electrons. The molecule has 0 heterocycles. The molecule has 0 aliphatic rings. The van der Waals surface area contributed by atoms with Crippen LogP contribution in [-0.4, -0.2) is 83.4 Å². The molecule has 0 N–H and O–H groups in total. The van der Waals surface area contributed by atoms with Crippen molar-refractivity contribution >= 4 is 29.6 Å². The van der Waals surface area contributed by atoms with Crippen molar-refractivity contribution in [1.82, 2.24) is 0 Å². The average molecular weight is 512 g/mol. The molecule has 0 aromatic rings. The standard InChI is InChI=1S/C9F20.Na.H/c10-1(7(21,22)23,8(24,25)26)2(11,12)3(13,14)4(15,16)5(17,18)6(19,20)9(27,28)29;;. The Labute approximate surface area is 171 Å². The molecule has 0 amide bonds. The first kappa shape index (κ1) is 31.8. The number of hydrogen-bond donors (Lipinski definition) is 0. The summed E-state index contributed by atoms with van der Waals surface area (Å²) in [6, 6.07) is 0. The van der Waals surface area contributed by atoms with Crippen molar-refractivity contribution in [2.24, 2.45) is 0 Å². The minimum atomic E-state index is -9.11. The normalized spacial score (nSPS) is 16.4. The molecule has 0 saturated heterocycles. The summed E-state index contributed by atoms with van der Waals surface area (Å²) >= 11 is 0. The van der Waals surface area contributed by atoms with Gasteiger partial charge in [-0.3, -0.25) is 0 Å². The SMILES string of the molecule is FC(F)(F)C(F)(F)C(F)(F)C(F)(F)C(F)(F)C(F)(F)C(F)(C(F)(F)F)C(F)(F)F.[NaH]. The zero-order valence-electron chi connectivity index (χ0n) is 12.1. The van der Waals surface area contributed by atoms with Gasteiger partial charge in [0, 0.05) is 0 Å². The average Bonchev–Trinajstić information content (AvgIpc) is 2.41. The first-order valence-electron chi connectivity index (χ1n) is 5.78. The fraction of sp³-hybridized carbons (Fsp3) is 1.00. The first-order valence-corrected chi connectivity index (χ1v) is 5.78. The molecule has 0 aliphatic carbocycles. The van der Waals surface area contributed by atoms with Gasteiger partial charge in [0.2, 0.25) is 0 Å². The number of alkyl halides is 20. The van der Waals surface area contributed by atoms with E-state index in [2.05, 4.69) is 0 Å². The van der Waals surface area contributed by atoms with Crippen molar-refractivity contribution in [3.8, 4) is 0 Å². The molecule has 0 aliphatic heterocycles. The Balaban J connectivity index is 0. The van der Waals surface area contributed by atoms with Gasteiger partial charge < -0.3 is 0 Å². The van der Waals surface area contributed by atoms with Gasteiger partial charge >= 0.3 is 83.4 Å². The van der Waals surface area contributed by atoms with Gasteiger partial charge in [0.25, 0.3) is 0 Å². The van der Waals surface area contributed by atoms with Crippen molar-refractivity contribution in [2.75, 3.05) is 0 Å². The van der Waals surface area contributed by atoms with E-state index in [9.17, 15) is 87.8 Å². The predicted molar refractivity (Wildman–Crippen MR) is 53.9 cm³/mol. The third-order valence-electron chi connectivity index (χ3n) is 3.15. The molecule has 0 radical (unpaired) electrons. The maximum atomic E-state index is 13.1. The van der Waals surface area contributed by atoms with Gasteiger partial charge in [-0.25, -0.2) is 4.39 Å². The molecule has 0 aromatic heterocycles. The molecule has 0 bridgehead atoms. The van der Waals surface area contributed by atoms with Gasteiger partial charge in [-0.2, -0.15) is 83.4 Å². The Bertz CT molecular complexity index is 589. The molecule has 21 heteroatoms. The van der Waals surface area contributed by atoms with Crippen LogP contribution in [0, 0.1) is 0 Å². The molecule has 0 unspecified atom stereocenters. The van der Waals surface area contributed by atoms with Gasteiger partial charge in [-0.15, -0.1) is 0 Å². The van der Waals surface area contributed by atoms with Crippen molar-refractivity contribution in [3.05, 3.63) is 0 Å². The van der Waals surface area contributed by atoms with Gasteiger partial charge in [0.1, 0.15) is 0 Å². The molecule has 0 nitrogen and oxygen atoms in total. The Morgan fingerprint density at radius 1 is 0.233 bits per heavy atom. The molecule has 0 spiro atoms. The summed E-state index contributed by atoms with van der Waals surface area (Å²) in [5, 5.41) is 0. The first-order chi connectivity index (χ1) is 12.0. The Morgan fingerprint density at radius 2 is 0.433 bits per heavy atom. The van der Waals surface area contributed by atoms with E-state index < -0.39 is 53.8 Å². The Morgan fingerprint density at radius 3 is 0.633 bits per heavy atom. The van der Waals surface area contributed by atoms with Crippen LogP contribution in [-0.2, 0) is 0 Å². The molecule has 0 rings (SSSR count). The van der Waals surface area contributed by atoms with E-state index in [1.54, 1.807) is 0 Å². The molecular weight excluding hydrogens is 511 g/mol. The Hall–Kier alpha value is -0.400. The number of halogens is 20. The van der Waals surface area contributed by atoms with Crippen molar-refractivity contribution in [2.45, 2.75) is 53.8 Å². The van der Waals surface area contributed by atoms with Crippen molar-refractivity contribution < 1.29 is 87.8 Å². The number of rotatable bonds is 5. The quantitative estimate of drug-likeness (QED) is 0.318. The second-order valence-electron chi connectivity index (χ2n) is 5.02. The zero-order chi connectivity index (χ0) is 24.5. The van der Waals surface area contributed by atoms with E-state index >= 15 is 0 Å². The van der Waals surface area contributed by atoms with Gasteiger partial charge in [0.05, 0.1) is 0 Å². The zero-order valence-corrected chi connectivity index (χ0v) is 12.1. The summed E-state index contributed by atoms with van der Waals surface area (Å²) in [5.74, 6) is -44.4. The van der Waals surface area contributed by atoms with E-state index in [1.165, 1.54) is 0 Å². The van der Waals surface area contributed by atoms with Crippen molar-refractivity contribution in [3.63, 3.8) is 0 Å². The van der Waals surface area contributed by atoms with E-state index in [0.29, 0.717) is 0 Å². The summed E-state index contributed by atoms with van der Waals surface area (Å²) in [5.41, 5.74) is -8.79. The molecule has 0 atom stereocenters. The van der Waals surface area contributed by atoms with Gasteiger partial charge in [-0.05, 0) is 0 Å². The van der Waals surface area contributed by atoms with E-state index in [1.807, 2.05) is 0 Å². The third-order valence-corrected chi connectivity index (χ3v) is 3.15. The summed E-state index contributed by atoms with van der Waals surface area (Å²) in [7, 11) is 0. The van der Waals surface area contributed by atoms with Crippen LogP contribution < -0.4 is 0 Å². The predicted octanol–water partition coefficient (Wildman–Crippen LogP) is 5.91. The molecule has 0 aromatic carbocycles. The second-order valence-corrected chi connectivity index (χ2v) is 5.02. The van der Waals surface area contributed by atoms with Crippen LogP contribution in [0.2, 0.25) is 0 Å². The van der Waals surface area contributed by atoms with Crippen LogP contribution in [0.3, 0.4) is 0 Å². The maximum absolute atomic E-state index is 13.1. The van der Waals surface area contributed by atoms with E-state index in [4.69, 9.17) is 0 Å². The van der Waals surface area contributed by atoms with Gasteiger partial charge in [0.15, 0.2) is 0 Å². The summed E-state index contributed by atoms with van der Waals surface area (Å²) in [4.78, 5) is 0. The van der Waals surface area contributed by atoms with Crippen LogP contribution in [0.25, 0.3) is 0 Å². The van der Waals surface area contributed by atoms with Crippen LogP contribution in [0.1, 0.15) is 0 Å². The fourth-order valence-electron chi connectivity index (χ4n) is 1.50. The topological polar surface area (TPSA) is 0 Å². The fourth-order valence-corrected chi connectivity index (χ4v) is 1.50. The Kier molecular flexibility index (Phi) is 8.03. The van der Waals surface area contributed by atoms with Crippen molar-refractivity contribution in [1.29, 1.82) is 0 Å². The molecule has 0 fully saturated rings. The van der Waals surface area contributed by atoms with Gasteiger partial charge in [-0.1, -0.05) is 0 Å². The van der Waals surface area contributed by atoms with E-state index in [-0.39, 0.29) is 29.6 Å². The van der Waals surface area contributed by atoms with E-state index in [0.717, 1.165) is 0 Å². The summed E-state index contributed by atoms with van der Waals surface area (Å²) in [6.45, 7) is 0. The van der Waals surface area contributed by atoms with Crippen LogP contribution in [0.15, 0.2) is 0 Å². The summed E-state index contributed by atoms with van der Waals surface area (Å²) < 4.78 is 249. The summed E-state index contributed by atoms with van der Waals surface area (Å²) in [6.07, 6.45) is -24.6. The number of hydrogen-bond acceptors (Lipinski definition) is 0. The van der Waals surface area contributed by atoms with Crippen LogP contribution in [0.4, 0.5) is 87.8 Å². The second kappa shape index (κ2) is 7.58.